The molecule has 0 bridgehead atoms. The first kappa shape index (κ1) is 43.2. The summed E-state index contributed by atoms with van der Waals surface area (Å²) < 4.78 is 54.2. The van der Waals surface area contributed by atoms with Gasteiger partial charge in [-0.2, -0.15) is 13.2 Å². The first-order valence-electron chi connectivity index (χ1n) is 21.4. The van der Waals surface area contributed by atoms with Crippen molar-refractivity contribution >= 4 is 29.0 Å². The van der Waals surface area contributed by atoms with Gasteiger partial charge in [0, 0.05) is 39.0 Å². The monoisotopic (exact) mass is 825 g/mol. The molecule has 0 fully saturated rings. The van der Waals surface area contributed by atoms with Crippen molar-refractivity contribution in [2.75, 3.05) is 18.1 Å². The minimum atomic E-state index is -4.53. The van der Waals surface area contributed by atoms with E-state index in [0.717, 1.165) is 78.2 Å². The zero-order chi connectivity index (χ0) is 43.5. The first-order valence-corrected chi connectivity index (χ1v) is 21.4. The molecule has 5 aromatic carbocycles. The van der Waals surface area contributed by atoms with Crippen LogP contribution in [0.15, 0.2) is 133 Å². The van der Waals surface area contributed by atoms with Crippen LogP contribution < -0.4 is 4.90 Å². The minimum Gasteiger partial charge on any atom is -0.462 e. The minimum absolute atomic E-state index is 0.243. The van der Waals surface area contributed by atoms with Crippen molar-refractivity contribution in [1.82, 2.24) is 0 Å². The van der Waals surface area contributed by atoms with Crippen LogP contribution in [-0.2, 0) is 36.1 Å². The van der Waals surface area contributed by atoms with Crippen LogP contribution in [0.1, 0.15) is 107 Å². The summed E-state index contributed by atoms with van der Waals surface area (Å²) in [4.78, 5) is 26.4. The van der Waals surface area contributed by atoms with Crippen molar-refractivity contribution in [3.05, 3.63) is 161 Å². The highest BCUT2D eigenvalue weighted by Gasteiger charge is 2.44. The Morgan fingerprint density at radius 3 is 1.48 bits per heavy atom. The number of anilines is 3. The van der Waals surface area contributed by atoms with Crippen molar-refractivity contribution in [1.29, 1.82) is 0 Å². The van der Waals surface area contributed by atoms with Crippen molar-refractivity contribution in [2.45, 2.75) is 96.1 Å². The lowest BCUT2D eigenvalue weighted by atomic mass is 9.70. The average Bonchev–Trinajstić information content (AvgIpc) is 3.69. The Kier molecular flexibility index (Phi) is 12.5. The number of esters is 2. The first-order chi connectivity index (χ1) is 29.3. The molecule has 7 rings (SSSR count). The van der Waals surface area contributed by atoms with E-state index in [9.17, 15) is 22.8 Å². The van der Waals surface area contributed by atoms with Crippen LogP contribution in [0, 0.1) is 0 Å². The Labute approximate surface area is 357 Å². The van der Waals surface area contributed by atoms with Crippen LogP contribution in [-0.4, -0.2) is 25.2 Å². The molecule has 8 heteroatoms. The number of fused-ring (bicyclic) bond motifs is 6. The van der Waals surface area contributed by atoms with Gasteiger partial charge in [0.2, 0.25) is 0 Å². The fourth-order valence-electron chi connectivity index (χ4n) is 9.74. The maximum absolute atomic E-state index is 14.4. The molecule has 0 atom stereocenters. The van der Waals surface area contributed by atoms with E-state index >= 15 is 0 Å². The summed E-state index contributed by atoms with van der Waals surface area (Å²) in [6, 6.07) is 35.2. The number of carbonyl (C=O) groups excluding carboxylic acids is 2. The Morgan fingerprint density at radius 2 is 1.00 bits per heavy atom. The number of unbranched alkanes of at least 4 members (excludes halogenated alkanes) is 2. The Balaban J connectivity index is 1.36. The van der Waals surface area contributed by atoms with Gasteiger partial charge in [0.25, 0.3) is 0 Å². The molecule has 0 saturated carbocycles. The van der Waals surface area contributed by atoms with Gasteiger partial charge in [-0.05, 0) is 152 Å². The molecule has 2 aliphatic rings. The topological polar surface area (TPSA) is 55.8 Å². The lowest BCUT2D eigenvalue weighted by Gasteiger charge is -2.34. The third kappa shape index (κ3) is 8.17. The van der Waals surface area contributed by atoms with Crippen molar-refractivity contribution in [3.63, 3.8) is 0 Å². The Bertz CT molecular complexity index is 2440. The quantitative estimate of drug-likeness (QED) is 0.0531. The van der Waals surface area contributed by atoms with Crippen molar-refractivity contribution in [2.24, 2.45) is 0 Å². The summed E-state index contributed by atoms with van der Waals surface area (Å²) in [5.41, 5.74) is 10.4. The summed E-state index contributed by atoms with van der Waals surface area (Å²) in [6.07, 6.45) is 1.43. The normalized spacial score (nSPS) is 14.0. The fourth-order valence-corrected chi connectivity index (χ4v) is 9.74. The highest BCUT2D eigenvalue weighted by Crippen LogP contribution is 2.57. The van der Waals surface area contributed by atoms with Gasteiger partial charge in [-0.25, -0.2) is 9.59 Å². The molecule has 0 spiro atoms. The molecule has 0 aliphatic heterocycles. The molecule has 0 radical (unpaired) electrons. The second-order valence-corrected chi connectivity index (χ2v) is 16.6. The summed E-state index contributed by atoms with van der Waals surface area (Å²) in [6.45, 7) is 15.6. The molecule has 61 heavy (non-hydrogen) atoms. The fraction of sp³-hybridized carbons (Fsp3) is 0.321. The van der Waals surface area contributed by atoms with E-state index in [1.54, 1.807) is 19.9 Å². The predicted molar refractivity (Wildman–Crippen MR) is 238 cm³/mol. The highest BCUT2D eigenvalue weighted by molar-refractivity contribution is 5.89. The lowest BCUT2D eigenvalue weighted by Crippen LogP contribution is -2.26. The standard InChI is InChI=1S/C53H54F3NO4/c1-7-51(8-2)45-22-11-9-20-41(45)43-26-24-39(33-47(43)51)57(38-19-17-18-37(32-38)53(54,55)56)40-25-27-44-42-21-10-12-23-46(42)52(48(44)34-40,28-13-15-30-60-49(58)35(3)4)29-14-16-31-61-50(59)36(5)6/h9-12,17-27,32-34H,3,5,7-8,13-16,28-31H2,1-2,4,6H3. The third-order valence-corrected chi connectivity index (χ3v) is 12.8. The van der Waals surface area contributed by atoms with E-state index in [1.807, 2.05) is 23.1 Å². The molecule has 0 N–H and O–H groups in total. The summed E-state index contributed by atoms with van der Waals surface area (Å²) >= 11 is 0. The molecule has 0 saturated heterocycles. The summed E-state index contributed by atoms with van der Waals surface area (Å²) in [5, 5.41) is 0. The molecule has 0 unspecified atom stereocenters. The van der Waals surface area contributed by atoms with Gasteiger partial charge in [0.05, 0.1) is 18.8 Å². The van der Waals surface area contributed by atoms with Gasteiger partial charge in [-0.3, -0.25) is 0 Å². The lowest BCUT2D eigenvalue weighted by molar-refractivity contribution is -0.139. The second kappa shape index (κ2) is 17.6. The number of hydrogen-bond acceptors (Lipinski definition) is 5. The van der Waals surface area contributed by atoms with E-state index in [1.165, 1.54) is 34.4 Å². The molecular formula is C53H54F3NO4. The van der Waals surface area contributed by atoms with Crippen LogP contribution in [0.2, 0.25) is 0 Å². The zero-order valence-corrected chi connectivity index (χ0v) is 35.6. The number of carbonyl (C=O) groups is 2. The number of halogens is 3. The van der Waals surface area contributed by atoms with Gasteiger partial charge in [-0.15, -0.1) is 0 Å². The van der Waals surface area contributed by atoms with Crippen LogP contribution in [0.3, 0.4) is 0 Å². The predicted octanol–water partition coefficient (Wildman–Crippen LogP) is 14.1. The number of hydrogen-bond donors (Lipinski definition) is 0. The number of rotatable bonds is 17. The average molecular weight is 826 g/mol. The summed E-state index contributed by atoms with van der Waals surface area (Å²) in [7, 11) is 0. The summed E-state index contributed by atoms with van der Waals surface area (Å²) in [5.74, 6) is -0.832. The Hall–Kier alpha value is -5.89. The Morgan fingerprint density at radius 1 is 0.557 bits per heavy atom. The molecule has 5 aromatic rings. The van der Waals surface area contributed by atoms with Gasteiger partial charge >= 0.3 is 18.1 Å². The van der Waals surface area contributed by atoms with Crippen LogP contribution >= 0.6 is 0 Å². The van der Waals surface area contributed by atoms with E-state index in [-0.39, 0.29) is 18.6 Å². The van der Waals surface area contributed by atoms with Crippen LogP contribution in [0.5, 0.6) is 0 Å². The van der Waals surface area contributed by atoms with E-state index in [4.69, 9.17) is 9.47 Å². The van der Waals surface area contributed by atoms with Crippen LogP contribution in [0.25, 0.3) is 22.3 Å². The smallest absolute Gasteiger partial charge is 0.416 e. The highest BCUT2D eigenvalue weighted by atomic mass is 19.4. The SMILES string of the molecule is C=C(C)C(=O)OCCCCC1(CCCCOC(=O)C(=C)C)c2ccccc2-c2ccc(N(c3cccc(C(F)(F)F)c3)c3ccc4c(c3)C(CC)(CC)c3ccccc3-4)cc21. The van der Waals surface area contributed by atoms with Gasteiger partial charge < -0.3 is 14.4 Å². The molecule has 316 valence electrons. The second-order valence-electron chi connectivity index (χ2n) is 16.6. The largest absolute Gasteiger partial charge is 0.462 e. The number of nitrogens with zero attached hydrogens (tertiary/aromatic N) is 1. The van der Waals surface area contributed by atoms with Crippen molar-refractivity contribution in [3.8, 4) is 22.3 Å². The maximum Gasteiger partial charge on any atom is 0.416 e. The molecule has 0 amide bonds. The number of alkyl halides is 3. The maximum atomic E-state index is 14.4. The molecule has 5 nitrogen and oxygen atoms in total. The molecule has 0 heterocycles. The van der Waals surface area contributed by atoms with E-state index in [0.29, 0.717) is 29.7 Å². The van der Waals surface area contributed by atoms with Gasteiger partial charge in [0.15, 0.2) is 0 Å². The van der Waals surface area contributed by atoms with Gasteiger partial charge in [-0.1, -0.05) is 93.7 Å². The third-order valence-electron chi connectivity index (χ3n) is 12.8. The molecular weight excluding hydrogens is 772 g/mol. The van der Waals surface area contributed by atoms with Gasteiger partial charge in [0.1, 0.15) is 0 Å². The molecule has 0 aromatic heterocycles. The molecule has 2 aliphatic carbocycles. The van der Waals surface area contributed by atoms with E-state index < -0.39 is 29.1 Å². The zero-order valence-electron chi connectivity index (χ0n) is 35.6. The van der Waals surface area contributed by atoms with E-state index in [2.05, 4.69) is 93.7 Å². The van der Waals surface area contributed by atoms with Crippen LogP contribution in [0.4, 0.5) is 30.2 Å². The van der Waals surface area contributed by atoms with Crippen molar-refractivity contribution < 1.29 is 32.2 Å². The number of benzene rings is 5. The number of ether oxygens (including phenoxy) is 2.